The lowest BCUT2D eigenvalue weighted by Gasteiger charge is -2.06. The van der Waals surface area contributed by atoms with Crippen molar-refractivity contribution in [2.24, 2.45) is 0 Å². The molecule has 0 saturated carbocycles. The molecule has 0 unspecified atom stereocenters. The molecule has 0 aliphatic carbocycles. The van der Waals surface area contributed by atoms with E-state index in [1.807, 2.05) is 6.92 Å². The summed E-state index contributed by atoms with van der Waals surface area (Å²) in [5.41, 5.74) is 1.36. The van der Waals surface area contributed by atoms with Crippen LogP contribution in [0.25, 0.3) is 5.65 Å². The van der Waals surface area contributed by atoms with E-state index in [1.165, 1.54) is 4.40 Å². The monoisotopic (exact) mass is 317 g/mol. The molecule has 3 rings (SSSR count). The summed E-state index contributed by atoms with van der Waals surface area (Å²) < 4.78 is 7.00. The first-order valence-corrected chi connectivity index (χ1v) is 7.05. The lowest BCUT2D eigenvalue weighted by molar-refractivity contribution is -0.391. The Morgan fingerprint density at radius 2 is 2.18 bits per heavy atom. The van der Waals surface area contributed by atoms with Crippen LogP contribution in [0.1, 0.15) is 12.5 Å². The first kappa shape index (κ1) is 14.3. The number of fused-ring (bicyclic) bond motifs is 1. The average Bonchev–Trinajstić information content (AvgIpc) is 2.87. The van der Waals surface area contributed by atoms with Crippen LogP contribution in [0, 0.1) is 10.1 Å². The summed E-state index contributed by atoms with van der Waals surface area (Å²) in [4.78, 5) is 15.0. The molecule has 0 radical (unpaired) electrons. The van der Waals surface area contributed by atoms with Crippen molar-refractivity contribution in [2.45, 2.75) is 13.3 Å². The van der Waals surface area contributed by atoms with Crippen LogP contribution in [0.4, 0.5) is 5.82 Å². The molecule has 22 heavy (non-hydrogen) atoms. The summed E-state index contributed by atoms with van der Waals surface area (Å²) in [6, 6.07) is 10.3. The highest BCUT2D eigenvalue weighted by Gasteiger charge is 2.24. The molecule has 0 amide bonds. The standard InChI is InChI=1S/C15H12ClN3O3/c1-2-10-9-11(6-7-12(10)16)22-14-15(19(20)21)18-8-4-3-5-13(18)17-14/h3-9H,2H2,1H3. The zero-order valence-corrected chi connectivity index (χ0v) is 12.4. The zero-order chi connectivity index (χ0) is 15.7. The van der Waals surface area contributed by atoms with Crippen molar-refractivity contribution < 1.29 is 9.66 Å². The number of pyridine rings is 1. The third-order valence-corrected chi connectivity index (χ3v) is 3.63. The number of nitrogens with zero attached hydrogens (tertiary/aromatic N) is 3. The Morgan fingerprint density at radius 3 is 2.91 bits per heavy atom. The van der Waals surface area contributed by atoms with Gasteiger partial charge in [-0.05, 0) is 41.2 Å². The van der Waals surface area contributed by atoms with E-state index >= 15 is 0 Å². The lowest BCUT2D eigenvalue weighted by atomic mass is 10.1. The lowest BCUT2D eigenvalue weighted by Crippen LogP contribution is -1.96. The van der Waals surface area contributed by atoms with Crippen LogP contribution in [0.5, 0.6) is 11.6 Å². The van der Waals surface area contributed by atoms with Crippen molar-refractivity contribution in [1.82, 2.24) is 9.38 Å². The van der Waals surface area contributed by atoms with Crippen molar-refractivity contribution in [1.29, 1.82) is 0 Å². The largest absolute Gasteiger partial charge is 0.433 e. The van der Waals surface area contributed by atoms with Gasteiger partial charge < -0.3 is 14.9 Å². The minimum atomic E-state index is -0.508. The molecule has 2 aromatic heterocycles. The Hall–Kier alpha value is -2.60. The number of halogens is 1. The van der Waals surface area contributed by atoms with Gasteiger partial charge in [0, 0.05) is 11.1 Å². The topological polar surface area (TPSA) is 69.7 Å². The summed E-state index contributed by atoms with van der Waals surface area (Å²) in [5, 5.41) is 11.9. The van der Waals surface area contributed by atoms with Crippen molar-refractivity contribution in [3.8, 4) is 11.6 Å². The van der Waals surface area contributed by atoms with Crippen LogP contribution in [-0.4, -0.2) is 14.3 Å². The molecule has 112 valence electrons. The quantitative estimate of drug-likeness (QED) is 0.532. The Kier molecular flexibility index (Phi) is 3.68. The van der Waals surface area contributed by atoms with Gasteiger partial charge in [-0.25, -0.2) is 0 Å². The summed E-state index contributed by atoms with van der Waals surface area (Å²) >= 11 is 6.06. The van der Waals surface area contributed by atoms with Gasteiger partial charge in [0.1, 0.15) is 5.75 Å². The number of hydrogen-bond donors (Lipinski definition) is 0. The van der Waals surface area contributed by atoms with Gasteiger partial charge in [-0.3, -0.25) is 0 Å². The molecule has 1 aromatic carbocycles. The van der Waals surface area contributed by atoms with E-state index in [9.17, 15) is 10.1 Å². The summed E-state index contributed by atoms with van der Waals surface area (Å²) in [6.45, 7) is 1.97. The Bertz CT molecular complexity index is 860. The minimum Gasteiger partial charge on any atom is -0.433 e. The fourth-order valence-electron chi connectivity index (χ4n) is 2.19. The number of imidazole rings is 1. The van der Waals surface area contributed by atoms with E-state index in [0.29, 0.717) is 16.4 Å². The van der Waals surface area contributed by atoms with E-state index in [-0.39, 0.29) is 11.7 Å². The van der Waals surface area contributed by atoms with E-state index < -0.39 is 4.92 Å². The number of aromatic nitrogens is 2. The van der Waals surface area contributed by atoms with E-state index in [0.717, 1.165) is 12.0 Å². The van der Waals surface area contributed by atoms with Crippen molar-refractivity contribution in [3.05, 3.63) is 63.3 Å². The number of benzene rings is 1. The van der Waals surface area contributed by atoms with E-state index in [1.54, 1.807) is 42.6 Å². The second-order valence-corrected chi connectivity index (χ2v) is 5.04. The molecule has 3 aromatic rings. The Labute approximate surface area is 131 Å². The van der Waals surface area contributed by atoms with Gasteiger partial charge in [0.25, 0.3) is 0 Å². The van der Waals surface area contributed by atoms with E-state index in [4.69, 9.17) is 16.3 Å². The number of rotatable bonds is 4. The molecule has 7 heteroatoms. The van der Waals surface area contributed by atoms with Gasteiger partial charge in [0.15, 0.2) is 0 Å². The van der Waals surface area contributed by atoms with Crippen LogP contribution in [0.3, 0.4) is 0 Å². The first-order valence-electron chi connectivity index (χ1n) is 6.68. The second-order valence-electron chi connectivity index (χ2n) is 4.64. The predicted molar refractivity (Wildman–Crippen MR) is 82.8 cm³/mol. The molecule has 0 spiro atoms. The maximum atomic E-state index is 11.3. The molecular weight excluding hydrogens is 306 g/mol. The van der Waals surface area contributed by atoms with Crippen LogP contribution in [-0.2, 0) is 6.42 Å². The highest BCUT2D eigenvalue weighted by atomic mass is 35.5. The molecular formula is C15H12ClN3O3. The average molecular weight is 318 g/mol. The summed E-state index contributed by atoms with van der Waals surface area (Å²) in [7, 11) is 0. The van der Waals surface area contributed by atoms with Crippen molar-refractivity contribution in [2.75, 3.05) is 0 Å². The molecule has 0 saturated heterocycles. The summed E-state index contributed by atoms with van der Waals surface area (Å²) in [5.74, 6) is 0.219. The van der Waals surface area contributed by atoms with Gasteiger partial charge in [-0.1, -0.05) is 24.6 Å². The third-order valence-electron chi connectivity index (χ3n) is 3.26. The molecule has 0 atom stereocenters. The fourth-order valence-corrected chi connectivity index (χ4v) is 2.44. The van der Waals surface area contributed by atoms with Crippen LogP contribution >= 0.6 is 11.6 Å². The van der Waals surface area contributed by atoms with Gasteiger partial charge in [0.05, 0.1) is 6.20 Å². The van der Waals surface area contributed by atoms with Crippen molar-refractivity contribution >= 4 is 23.1 Å². The highest BCUT2D eigenvalue weighted by Crippen LogP contribution is 2.33. The zero-order valence-electron chi connectivity index (χ0n) is 11.7. The second kappa shape index (κ2) is 5.65. The number of hydrogen-bond acceptors (Lipinski definition) is 4. The Balaban J connectivity index is 2.07. The number of ether oxygens (including phenoxy) is 1. The smallest absolute Gasteiger partial charge is 0.392 e. The first-order chi connectivity index (χ1) is 10.6. The fraction of sp³-hybridized carbons (Fsp3) is 0.133. The molecule has 0 aliphatic heterocycles. The maximum Gasteiger partial charge on any atom is 0.392 e. The third kappa shape index (κ3) is 2.48. The van der Waals surface area contributed by atoms with Crippen molar-refractivity contribution in [3.63, 3.8) is 0 Å². The molecule has 0 fully saturated rings. The van der Waals surface area contributed by atoms with Crippen LogP contribution in [0.15, 0.2) is 42.6 Å². The van der Waals surface area contributed by atoms with Gasteiger partial charge in [-0.2, -0.15) is 9.38 Å². The van der Waals surface area contributed by atoms with Crippen LogP contribution < -0.4 is 4.74 Å². The molecule has 0 aliphatic rings. The highest BCUT2D eigenvalue weighted by molar-refractivity contribution is 6.31. The number of aryl methyl sites for hydroxylation is 1. The maximum absolute atomic E-state index is 11.3. The van der Waals surface area contributed by atoms with Crippen LogP contribution in [0.2, 0.25) is 5.02 Å². The van der Waals surface area contributed by atoms with Gasteiger partial charge >= 0.3 is 11.7 Å². The van der Waals surface area contributed by atoms with Gasteiger partial charge in [0.2, 0.25) is 5.65 Å². The normalized spacial score (nSPS) is 10.8. The number of nitro groups is 1. The molecule has 6 nitrogen and oxygen atoms in total. The SMILES string of the molecule is CCc1cc(Oc2nc3ccccn3c2[N+](=O)[O-])ccc1Cl. The molecule has 0 bridgehead atoms. The van der Waals surface area contributed by atoms with Gasteiger partial charge in [-0.15, -0.1) is 0 Å². The Morgan fingerprint density at radius 1 is 1.36 bits per heavy atom. The molecule has 0 N–H and O–H groups in total. The minimum absolute atomic E-state index is 0.0411. The van der Waals surface area contributed by atoms with E-state index in [2.05, 4.69) is 4.98 Å². The predicted octanol–water partition coefficient (Wildman–Crippen LogP) is 4.25. The summed E-state index contributed by atoms with van der Waals surface area (Å²) in [6.07, 6.45) is 2.32. The molecule has 2 heterocycles.